The van der Waals surface area contributed by atoms with Crippen molar-refractivity contribution >= 4 is 34.3 Å². The third-order valence-corrected chi connectivity index (χ3v) is 1.71. The molecule has 0 spiro atoms. The van der Waals surface area contributed by atoms with Crippen molar-refractivity contribution in [1.29, 1.82) is 0 Å². The summed E-state index contributed by atoms with van der Waals surface area (Å²) in [6.45, 7) is 0. The number of thiol groups is 1. The predicted octanol–water partition coefficient (Wildman–Crippen LogP) is 1.90. The molecule has 0 aromatic heterocycles. The molecule has 0 saturated carbocycles. The van der Waals surface area contributed by atoms with Gasteiger partial charge < -0.3 is 0 Å². The van der Waals surface area contributed by atoms with Crippen molar-refractivity contribution in [3.05, 3.63) is 35.9 Å². The van der Waals surface area contributed by atoms with Crippen LogP contribution in [-0.4, -0.2) is 28.0 Å². The highest BCUT2D eigenvalue weighted by atomic mass is 32.1. The Bertz CT molecular complexity index is 151. The highest BCUT2D eigenvalue weighted by Gasteiger charge is 2.22. The monoisotopic (exact) mass is 163 g/mol. The number of hydrogen-bond acceptors (Lipinski definition) is 1. The van der Waals surface area contributed by atoms with Crippen LogP contribution in [-0.2, 0) is 4.55 Å². The van der Waals surface area contributed by atoms with Crippen LogP contribution in [0.25, 0.3) is 0 Å². The van der Waals surface area contributed by atoms with Gasteiger partial charge in [-0.3, -0.25) is 0 Å². The highest BCUT2D eigenvalue weighted by molar-refractivity contribution is 7.79. The molecule has 2 heteroatoms. The maximum absolute atomic E-state index is 3.53. The van der Waals surface area contributed by atoms with Crippen LogP contribution in [0.5, 0.6) is 0 Å². The second kappa shape index (κ2) is 7.44. The summed E-state index contributed by atoms with van der Waals surface area (Å²) in [7, 11) is 0. The molecule has 0 N–H and O–H groups in total. The molecule has 0 amide bonds. The van der Waals surface area contributed by atoms with Crippen molar-refractivity contribution < 1.29 is 0 Å². The van der Waals surface area contributed by atoms with Crippen LogP contribution < -0.4 is 0 Å². The van der Waals surface area contributed by atoms with Gasteiger partial charge in [-0.15, -0.1) is 0 Å². The van der Waals surface area contributed by atoms with Gasteiger partial charge in [-0.25, -0.2) is 0 Å². The molecule has 0 heterocycles. The molecule has 0 aliphatic rings. The largest absolute Gasteiger partial charge is 1.42 e. The van der Waals surface area contributed by atoms with Crippen molar-refractivity contribution in [2.75, 3.05) is 6.26 Å². The molecule has 0 saturated heterocycles. The van der Waals surface area contributed by atoms with Crippen molar-refractivity contribution in [3.63, 3.8) is 0 Å². The lowest BCUT2D eigenvalue weighted by Crippen LogP contribution is -1.78. The van der Waals surface area contributed by atoms with Crippen LogP contribution in [0.4, 0.5) is 0 Å². The zero-order valence-corrected chi connectivity index (χ0v) is 8.56. The first-order valence-electron chi connectivity index (χ1n) is 3.21. The fraction of sp³-hybridized carbons (Fsp3) is 0.250. The fourth-order valence-electron chi connectivity index (χ4n) is 0.645. The molecule has 0 aliphatic heterocycles. The summed E-state index contributed by atoms with van der Waals surface area (Å²) in [4.78, 5) is 0. The Hall–Kier alpha value is 0.336. The molecule has 1 aromatic rings. The molecule has 10 heavy (non-hydrogen) atoms. The zero-order chi connectivity index (χ0) is 7.82. The van der Waals surface area contributed by atoms with Crippen LogP contribution in [0.2, 0.25) is 0 Å². The van der Waals surface area contributed by atoms with Crippen molar-refractivity contribution in [3.8, 4) is 0 Å². The molecule has 0 bridgehead atoms. The second-order valence-corrected chi connectivity index (χ2v) is 2.24. The molecule has 7 radical (unpaired) electrons. The van der Waals surface area contributed by atoms with Crippen LogP contribution >= 0.6 is 12.6 Å². The molecule has 0 unspecified atom stereocenters. The summed E-state index contributed by atoms with van der Waals surface area (Å²) >= 11 is 5.51. The van der Waals surface area contributed by atoms with Gasteiger partial charge in [-0.2, -0.15) is 12.6 Å². The van der Waals surface area contributed by atoms with Gasteiger partial charge in [-0.1, -0.05) is 30.3 Å². The zero-order valence-electron chi connectivity index (χ0n) is 6.25. The van der Waals surface area contributed by atoms with E-state index in [0.29, 0.717) is 0 Å². The summed E-state index contributed by atoms with van der Waals surface area (Å²) in [6.07, 6.45) is 1.69. The van der Waals surface area contributed by atoms with E-state index in [1.54, 1.807) is 6.26 Å². The first kappa shape index (κ1) is 10.3. The SMILES string of the molecule is CS.[Mg+2][CH2]c1ccccc1. The molecule has 0 fully saturated rings. The van der Waals surface area contributed by atoms with Crippen molar-refractivity contribution in [2.45, 2.75) is 4.55 Å². The topological polar surface area (TPSA) is 0 Å². The highest BCUT2D eigenvalue weighted by Crippen LogP contribution is 1.95. The first-order valence-corrected chi connectivity index (χ1v) is 5.11. The van der Waals surface area contributed by atoms with E-state index in [9.17, 15) is 0 Å². The number of rotatable bonds is 1. The molecular weight excluding hydrogens is 152 g/mol. The summed E-state index contributed by atoms with van der Waals surface area (Å²) < 4.78 is 1.17. The van der Waals surface area contributed by atoms with Crippen LogP contribution in [0.1, 0.15) is 5.56 Å². The number of hydrogen-bond donors (Lipinski definition) is 1. The summed E-state index contributed by atoms with van der Waals surface area (Å²) in [5, 5.41) is 0. The molecular formula is C8H11MgS+2. The van der Waals surface area contributed by atoms with Gasteiger partial charge in [0.1, 0.15) is 0 Å². The van der Waals surface area contributed by atoms with Gasteiger partial charge in [0.25, 0.3) is 4.55 Å². The average molecular weight is 164 g/mol. The Labute approximate surface area is 80.9 Å². The Kier molecular flexibility index (Phi) is 7.69. The van der Waals surface area contributed by atoms with E-state index >= 15 is 0 Å². The first-order chi connectivity index (χ1) is 4.93. The van der Waals surface area contributed by atoms with E-state index in [-0.39, 0.29) is 0 Å². The predicted molar refractivity (Wildman–Crippen MR) is 50.8 cm³/mol. The van der Waals surface area contributed by atoms with Gasteiger partial charge in [0.05, 0.1) is 0 Å². The molecule has 0 nitrogen and oxygen atoms in total. The number of benzene rings is 1. The van der Waals surface area contributed by atoms with E-state index in [4.69, 9.17) is 0 Å². The fourth-order valence-corrected chi connectivity index (χ4v) is 0.978. The third kappa shape index (κ3) is 4.20. The average Bonchev–Trinajstić information content (AvgIpc) is 2.10. The van der Waals surface area contributed by atoms with Gasteiger partial charge in [0, 0.05) is 5.56 Å². The van der Waals surface area contributed by atoms with Gasteiger partial charge >= 0.3 is 21.7 Å². The lowest BCUT2D eigenvalue weighted by Gasteiger charge is -1.80. The minimum atomic E-state index is 1.17. The Morgan fingerprint density at radius 2 is 1.70 bits per heavy atom. The maximum Gasteiger partial charge on any atom is 1.42 e. The molecule has 0 aliphatic carbocycles. The molecule has 1 aromatic carbocycles. The van der Waals surface area contributed by atoms with Gasteiger partial charge in [0.15, 0.2) is 0 Å². The second-order valence-electron chi connectivity index (χ2n) is 1.74. The Morgan fingerprint density at radius 3 is 2.00 bits per heavy atom. The minimum Gasteiger partial charge on any atom is -0.183 e. The normalized spacial score (nSPS) is 7.90. The molecule has 1 rings (SSSR count). The third-order valence-electron chi connectivity index (χ3n) is 1.13. The molecule has 49 valence electrons. The minimum absolute atomic E-state index is 1.17. The summed E-state index contributed by atoms with van der Waals surface area (Å²) in [6, 6.07) is 10.5. The van der Waals surface area contributed by atoms with E-state index in [1.165, 1.54) is 10.1 Å². The van der Waals surface area contributed by atoms with E-state index in [1.807, 2.05) is 27.8 Å². The van der Waals surface area contributed by atoms with Gasteiger partial charge in [0.2, 0.25) is 0 Å². The van der Waals surface area contributed by atoms with E-state index < -0.39 is 0 Å². The van der Waals surface area contributed by atoms with Crippen molar-refractivity contribution in [1.82, 2.24) is 0 Å². The van der Waals surface area contributed by atoms with Crippen LogP contribution in [0.15, 0.2) is 30.3 Å². The van der Waals surface area contributed by atoms with E-state index in [2.05, 4.69) is 36.9 Å². The maximum atomic E-state index is 3.53. The smallest absolute Gasteiger partial charge is 0.183 e. The van der Waals surface area contributed by atoms with Crippen molar-refractivity contribution in [2.24, 2.45) is 0 Å². The van der Waals surface area contributed by atoms with Crippen LogP contribution in [0.3, 0.4) is 0 Å². The Morgan fingerprint density at radius 1 is 1.20 bits per heavy atom. The lowest BCUT2D eigenvalue weighted by atomic mass is 10.2. The van der Waals surface area contributed by atoms with Gasteiger partial charge in [-0.05, 0) is 6.26 Å². The Balaban J connectivity index is 0.000000371. The van der Waals surface area contributed by atoms with E-state index in [0.717, 1.165) is 0 Å². The van der Waals surface area contributed by atoms with Crippen LogP contribution in [0, 0.1) is 0 Å². The summed E-state index contributed by atoms with van der Waals surface area (Å²) in [5.41, 5.74) is 1.42. The standard InChI is InChI=1S/C7H7.CH4S.Mg/c1-7-5-3-2-4-6-7;1-2;/h2-6H,1H2;2H,1H3;/q;;+2. The quantitative estimate of drug-likeness (QED) is 0.475. The molecule has 0 atom stereocenters. The lowest BCUT2D eigenvalue weighted by molar-refractivity contribution is 1.40. The summed E-state index contributed by atoms with van der Waals surface area (Å²) in [5.74, 6) is 0.